The van der Waals surface area contributed by atoms with Crippen molar-refractivity contribution in [1.82, 2.24) is 0 Å². The van der Waals surface area contributed by atoms with Crippen molar-refractivity contribution in [2.45, 2.75) is 0 Å². The zero-order valence-corrected chi connectivity index (χ0v) is 11.1. The number of amides is 1. The molecule has 0 unspecified atom stereocenters. The summed E-state index contributed by atoms with van der Waals surface area (Å²) >= 11 is 8.58. The lowest BCUT2D eigenvalue weighted by Crippen LogP contribution is -2.14. The number of sulfonamides is 1. The van der Waals surface area contributed by atoms with E-state index >= 15 is 0 Å². The summed E-state index contributed by atoms with van der Waals surface area (Å²) < 4.78 is 24.4. The van der Waals surface area contributed by atoms with Gasteiger partial charge < -0.3 is 5.73 Å². The van der Waals surface area contributed by atoms with E-state index in [1.54, 1.807) is 0 Å². The van der Waals surface area contributed by atoms with Crippen LogP contribution < -0.4 is 10.5 Å². The summed E-state index contributed by atoms with van der Waals surface area (Å²) in [7, 11) is -3.43. The highest BCUT2D eigenvalue weighted by Gasteiger charge is 2.11. The van der Waals surface area contributed by atoms with Gasteiger partial charge >= 0.3 is 0 Å². The second kappa shape index (κ2) is 5.03. The number of alkyl halides is 1. The second-order valence-corrected chi connectivity index (χ2v) is 6.32. The number of nitrogens with two attached hydrogens (primary N) is 1. The summed E-state index contributed by atoms with van der Waals surface area (Å²) in [6.07, 6.45) is 0. The molecule has 5 nitrogen and oxygen atoms in total. The third-order valence-corrected chi connectivity index (χ3v) is 4.61. The first-order valence-electron chi connectivity index (χ1n) is 4.01. The molecule has 0 aliphatic heterocycles. The first-order valence-corrected chi connectivity index (χ1v) is 7.16. The van der Waals surface area contributed by atoms with Gasteiger partial charge in [0.25, 0.3) is 0 Å². The highest BCUT2D eigenvalue weighted by molar-refractivity contribution is 9.10. The molecule has 0 saturated heterocycles. The maximum absolute atomic E-state index is 11.2. The topological polar surface area (TPSA) is 89.3 Å². The van der Waals surface area contributed by atoms with Crippen LogP contribution in [0.2, 0.25) is 5.02 Å². The van der Waals surface area contributed by atoms with E-state index in [2.05, 4.69) is 20.7 Å². The fraction of sp³-hybridized carbons (Fsp3) is 0.125. The molecular formula is C8H8BrClN2O3S. The van der Waals surface area contributed by atoms with Gasteiger partial charge in [0.1, 0.15) is 4.66 Å². The van der Waals surface area contributed by atoms with Crippen molar-refractivity contribution in [2.75, 3.05) is 9.38 Å². The van der Waals surface area contributed by atoms with Crippen LogP contribution in [0, 0.1) is 0 Å². The van der Waals surface area contributed by atoms with Crippen molar-refractivity contribution in [3.8, 4) is 0 Å². The maximum Gasteiger partial charge on any atom is 0.250 e. The summed E-state index contributed by atoms with van der Waals surface area (Å²) in [6, 6.07) is 4.09. The summed E-state index contributed by atoms with van der Waals surface area (Å²) in [5, 5.41) is 0.0993. The van der Waals surface area contributed by atoms with Crippen molar-refractivity contribution in [3.63, 3.8) is 0 Å². The van der Waals surface area contributed by atoms with Crippen LogP contribution in [-0.4, -0.2) is 19.0 Å². The number of rotatable bonds is 4. The van der Waals surface area contributed by atoms with Gasteiger partial charge in [0.2, 0.25) is 15.9 Å². The van der Waals surface area contributed by atoms with Crippen LogP contribution in [0.1, 0.15) is 10.4 Å². The van der Waals surface area contributed by atoms with Crippen LogP contribution in [0.3, 0.4) is 0 Å². The molecule has 0 heterocycles. The van der Waals surface area contributed by atoms with Gasteiger partial charge in [-0.05, 0) is 18.2 Å². The van der Waals surface area contributed by atoms with Crippen molar-refractivity contribution in [3.05, 3.63) is 28.8 Å². The van der Waals surface area contributed by atoms with E-state index in [0.717, 1.165) is 0 Å². The van der Waals surface area contributed by atoms with E-state index < -0.39 is 15.9 Å². The molecule has 1 rings (SSSR count). The normalized spacial score (nSPS) is 11.1. The maximum atomic E-state index is 11.2. The smallest absolute Gasteiger partial charge is 0.250 e. The Balaban J connectivity index is 3.03. The minimum Gasteiger partial charge on any atom is -0.366 e. The lowest BCUT2D eigenvalue weighted by Gasteiger charge is -2.07. The molecule has 0 aliphatic rings. The fourth-order valence-corrected chi connectivity index (χ4v) is 2.14. The molecule has 8 heteroatoms. The lowest BCUT2D eigenvalue weighted by molar-refractivity contribution is 0.100. The summed E-state index contributed by atoms with van der Waals surface area (Å²) in [5.41, 5.74) is 5.46. The first kappa shape index (κ1) is 13.3. The van der Waals surface area contributed by atoms with Gasteiger partial charge in [-0.15, -0.1) is 0 Å². The molecule has 1 aromatic rings. The Labute approximate surface area is 106 Å². The predicted octanol–water partition coefficient (Wildman–Crippen LogP) is 1.53. The number of nitrogens with one attached hydrogen (secondary N) is 1. The van der Waals surface area contributed by atoms with Gasteiger partial charge in [0.05, 0.1) is 16.3 Å². The van der Waals surface area contributed by atoms with Gasteiger partial charge in [0, 0.05) is 0 Å². The molecule has 0 fully saturated rings. The van der Waals surface area contributed by atoms with Gasteiger partial charge in [-0.1, -0.05) is 27.5 Å². The average molecular weight is 328 g/mol. The van der Waals surface area contributed by atoms with Crippen molar-refractivity contribution in [2.24, 2.45) is 5.73 Å². The molecule has 1 amide bonds. The number of benzene rings is 1. The van der Waals surface area contributed by atoms with Gasteiger partial charge in [-0.3, -0.25) is 9.52 Å². The van der Waals surface area contributed by atoms with Crippen LogP contribution in [-0.2, 0) is 10.0 Å². The Kier molecular flexibility index (Phi) is 4.17. The molecule has 0 spiro atoms. The third kappa shape index (κ3) is 3.36. The lowest BCUT2D eigenvalue weighted by atomic mass is 10.2. The van der Waals surface area contributed by atoms with Crippen molar-refractivity contribution >= 4 is 49.1 Å². The van der Waals surface area contributed by atoms with E-state index in [-0.39, 0.29) is 20.9 Å². The minimum atomic E-state index is -3.43. The highest BCUT2D eigenvalue weighted by Crippen LogP contribution is 2.21. The largest absolute Gasteiger partial charge is 0.366 e. The van der Waals surface area contributed by atoms with E-state index in [0.29, 0.717) is 0 Å². The highest BCUT2D eigenvalue weighted by atomic mass is 79.9. The van der Waals surface area contributed by atoms with Crippen molar-refractivity contribution < 1.29 is 13.2 Å². The molecular weight excluding hydrogens is 320 g/mol. The van der Waals surface area contributed by atoms with E-state index in [1.165, 1.54) is 18.2 Å². The SMILES string of the molecule is NC(=O)c1ccc(NS(=O)(=O)CBr)cc1Cl. The Morgan fingerprint density at radius 2 is 2.12 bits per heavy atom. The minimum absolute atomic E-state index is 0.0993. The van der Waals surface area contributed by atoms with Gasteiger partial charge in [-0.25, -0.2) is 8.42 Å². The number of primary amides is 1. The van der Waals surface area contributed by atoms with Crippen LogP contribution >= 0.6 is 27.5 Å². The molecule has 0 radical (unpaired) electrons. The number of hydrogen-bond donors (Lipinski definition) is 2. The Morgan fingerprint density at radius 1 is 1.50 bits per heavy atom. The predicted molar refractivity (Wildman–Crippen MR) is 66.3 cm³/mol. The molecule has 0 atom stereocenters. The molecule has 1 aromatic carbocycles. The number of anilines is 1. The van der Waals surface area contributed by atoms with E-state index in [9.17, 15) is 13.2 Å². The Bertz CT molecular complexity index is 518. The zero-order chi connectivity index (χ0) is 12.3. The number of halogens is 2. The van der Waals surface area contributed by atoms with Gasteiger partial charge in [-0.2, -0.15) is 0 Å². The quantitative estimate of drug-likeness (QED) is 0.822. The van der Waals surface area contributed by atoms with E-state index in [4.69, 9.17) is 17.3 Å². The standard InChI is InChI=1S/C8H8BrClN2O3S/c9-4-16(14,15)12-5-1-2-6(8(11)13)7(10)3-5/h1-3,12H,4H2,(H2,11,13). The molecule has 0 saturated carbocycles. The van der Waals surface area contributed by atoms with Crippen LogP contribution in [0.5, 0.6) is 0 Å². The molecule has 0 aliphatic carbocycles. The first-order chi connectivity index (χ1) is 7.35. The second-order valence-electron chi connectivity index (χ2n) is 2.88. The molecule has 0 aromatic heterocycles. The number of carbonyl (C=O) groups excluding carboxylic acids is 1. The van der Waals surface area contributed by atoms with E-state index in [1.807, 2.05) is 0 Å². The zero-order valence-electron chi connectivity index (χ0n) is 7.91. The Morgan fingerprint density at radius 3 is 2.56 bits per heavy atom. The molecule has 3 N–H and O–H groups in total. The molecule has 88 valence electrons. The summed E-state index contributed by atoms with van der Waals surface area (Å²) in [5.74, 6) is -0.667. The van der Waals surface area contributed by atoms with Crippen LogP contribution in [0.4, 0.5) is 5.69 Å². The average Bonchev–Trinajstić information content (AvgIpc) is 2.16. The third-order valence-electron chi connectivity index (χ3n) is 1.65. The van der Waals surface area contributed by atoms with Crippen LogP contribution in [0.15, 0.2) is 18.2 Å². The fourth-order valence-electron chi connectivity index (χ4n) is 0.985. The van der Waals surface area contributed by atoms with Gasteiger partial charge in [0.15, 0.2) is 0 Å². The van der Waals surface area contributed by atoms with Crippen molar-refractivity contribution in [1.29, 1.82) is 0 Å². The molecule has 0 bridgehead atoms. The summed E-state index contributed by atoms with van der Waals surface area (Å²) in [4.78, 5) is 10.9. The Hall–Kier alpha value is -0.790. The molecule has 16 heavy (non-hydrogen) atoms. The monoisotopic (exact) mass is 326 g/mol. The number of carbonyl (C=O) groups is 1. The number of hydrogen-bond acceptors (Lipinski definition) is 3. The summed E-state index contributed by atoms with van der Waals surface area (Å²) in [6.45, 7) is 0. The van der Waals surface area contributed by atoms with Crippen LogP contribution in [0.25, 0.3) is 0 Å².